The first-order valence-corrected chi connectivity index (χ1v) is 10.7. The number of alkyl halides is 7. The molecule has 14 heteroatoms. The molecule has 204 valence electrons. The molecule has 3 aromatic rings. The first-order valence-electron chi connectivity index (χ1n) is 10.7. The van der Waals surface area contributed by atoms with E-state index in [1.54, 1.807) is 0 Å². The Bertz CT molecular complexity index is 1220. The number of aliphatic hydroxyl groups is 1. The van der Waals surface area contributed by atoms with Gasteiger partial charge in [-0.2, -0.15) is 30.7 Å². The lowest BCUT2D eigenvalue weighted by molar-refractivity contribution is -0.137. The highest BCUT2D eigenvalue weighted by Gasteiger charge is 2.31. The summed E-state index contributed by atoms with van der Waals surface area (Å²) in [5.74, 6) is -3.31. The summed E-state index contributed by atoms with van der Waals surface area (Å²) in [7, 11) is 0. The van der Waals surface area contributed by atoms with Gasteiger partial charge in [-0.3, -0.25) is 9.78 Å². The van der Waals surface area contributed by atoms with Crippen molar-refractivity contribution in [1.82, 2.24) is 4.98 Å². The Morgan fingerprint density at radius 3 is 2.11 bits per heavy atom. The van der Waals surface area contributed by atoms with Gasteiger partial charge in [0.2, 0.25) is 0 Å². The zero-order valence-electron chi connectivity index (χ0n) is 19.0. The van der Waals surface area contributed by atoms with Gasteiger partial charge in [-0.25, -0.2) is 4.39 Å². The molecule has 0 aliphatic rings. The molecule has 0 fully saturated rings. The maximum atomic E-state index is 13.3. The molecule has 0 aliphatic carbocycles. The van der Waals surface area contributed by atoms with Crippen LogP contribution in [0.5, 0.6) is 11.5 Å². The number of rotatable bonds is 10. The Morgan fingerprint density at radius 1 is 0.921 bits per heavy atom. The summed E-state index contributed by atoms with van der Waals surface area (Å²) >= 11 is 0. The van der Waals surface area contributed by atoms with Crippen LogP contribution in [-0.4, -0.2) is 35.8 Å². The number of benzene rings is 2. The molecular weight excluding hydrogens is 532 g/mol. The molecule has 0 aliphatic heterocycles. The predicted molar refractivity (Wildman–Crippen MR) is 116 cm³/mol. The molecule has 1 amide bonds. The molecule has 1 aromatic heterocycles. The number of hydrogen-bond acceptors (Lipinski definition) is 5. The van der Waals surface area contributed by atoms with Crippen LogP contribution in [0.25, 0.3) is 0 Å². The van der Waals surface area contributed by atoms with Gasteiger partial charge in [0.15, 0.2) is 17.6 Å². The highest BCUT2D eigenvalue weighted by molar-refractivity contribution is 5.97. The monoisotopic (exact) mass is 550 g/mol. The highest BCUT2D eigenvalue weighted by Crippen LogP contribution is 2.35. The second kappa shape index (κ2) is 12.1. The quantitative estimate of drug-likeness (QED) is 0.326. The van der Waals surface area contributed by atoms with Crippen LogP contribution < -0.4 is 14.4 Å². The van der Waals surface area contributed by atoms with Crippen molar-refractivity contribution in [1.29, 1.82) is 0 Å². The number of pyridine rings is 1. The lowest BCUT2D eigenvalue weighted by atomic mass is 10.1. The van der Waals surface area contributed by atoms with Crippen molar-refractivity contribution in [3.63, 3.8) is 0 Å². The third-order valence-electron chi connectivity index (χ3n) is 5.10. The first kappa shape index (κ1) is 28.6. The molecule has 6 nitrogen and oxygen atoms in total. The van der Waals surface area contributed by atoms with E-state index < -0.39 is 54.3 Å². The van der Waals surface area contributed by atoms with Gasteiger partial charge in [0, 0.05) is 36.6 Å². The van der Waals surface area contributed by atoms with Gasteiger partial charge in [0.25, 0.3) is 5.91 Å². The van der Waals surface area contributed by atoms with Crippen molar-refractivity contribution in [2.45, 2.75) is 31.9 Å². The van der Waals surface area contributed by atoms with E-state index in [0.717, 1.165) is 59.5 Å². The molecule has 0 saturated carbocycles. The summed E-state index contributed by atoms with van der Waals surface area (Å²) in [5, 5.41) is 10.6. The summed E-state index contributed by atoms with van der Waals surface area (Å²) in [6.07, 6.45) is -6.09. The molecule has 0 spiro atoms. The fourth-order valence-electron chi connectivity index (χ4n) is 3.31. The largest absolute Gasteiger partial charge is 0.431 e. The number of aliphatic hydroxyl groups excluding tert-OH is 1. The highest BCUT2D eigenvalue weighted by atomic mass is 19.4. The number of halogens is 8. The van der Waals surface area contributed by atoms with E-state index >= 15 is 0 Å². The number of nitrogens with zero attached hydrogens (tertiary/aromatic N) is 2. The molecule has 0 saturated heterocycles. The van der Waals surface area contributed by atoms with Crippen molar-refractivity contribution in [2.24, 2.45) is 0 Å². The van der Waals surface area contributed by atoms with Crippen LogP contribution in [0, 0.1) is 5.82 Å². The lowest BCUT2D eigenvalue weighted by Crippen LogP contribution is -2.37. The second-order valence-corrected chi connectivity index (χ2v) is 7.62. The van der Waals surface area contributed by atoms with Gasteiger partial charge in [-0.05, 0) is 42.0 Å². The van der Waals surface area contributed by atoms with Crippen molar-refractivity contribution >= 4 is 11.6 Å². The molecule has 1 atom stereocenters. The Kier molecular flexibility index (Phi) is 9.09. The SMILES string of the molecule is O=C([C@H](O)c1ccc(F)cc1)N(CCc1ccc(C(F)(F)F)cn1)c1ccc(OC(F)F)c(OC(F)F)c1. The van der Waals surface area contributed by atoms with E-state index in [-0.39, 0.29) is 29.9 Å². The molecular formula is C24H18F8N2O4. The van der Waals surface area contributed by atoms with Crippen LogP contribution in [0.1, 0.15) is 22.9 Å². The number of aromatic nitrogens is 1. The topological polar surface area (TPSA) is 71.9 Å². The van der Waals surface area contributed by atoms with Gasteiger partial charge in [0.05, 0.1) is 5.56 Å². The minimum absolute atomic E-state index is 0.0317. The Balaban J connectivity index is 1.95. The molecule has 2 aromatic carbocycles. The Hall–Kier alpha value is -3.94. The average Bonchev–Trinajstić information content (AvgIpc) is 2.84. The van der Waals surface area contributed by atoms with Gasteiger partial charge in [0.1, 0.15) is 5.82 Å². The average molecular weight is 550 g/mol. The standard InChI is InChI=1S/C24H18F8N2O4/c25-15-4-1-13(2-5-15)20(35)21(36)34(10-9-16-6-3-14(12-33-16)24(30,31)32)17-7-8-18(37-22(26)27)19(11-17)38-23(28)29/h1-8,11-12,20,22-23,35H,9-10H2/t20-/m1/s1. The summed E-state index contributed by atoms with van der Waals surface area (Å²) < 4.78 is 111. The summed E-state index contributed by atoms with van der Waals surface area (Å²) in [6.45, 7) is -7.18. The Labute approximate surface area is 210 Å². The molecule has 0 bridgehead atoms. The molecule has 0 radical (unpaired) electrons. The van der Waals surface area contributed by atoms with E-state index in [1.807, 2.05) is 0 Å². The van der Waals surface area contributed by atoms with Gasteiger partial charge in [-0.1, -0.05) is 12.1 Å². The van der Waals surface area contributed by atoms with Crippen molar-refractivity contribution in [2.75, 3.05) is 11.4 Å². The van der Waals surface area contributed by atoms with E-state index in [9.17, 15) is 45.0 Å². The van der Waals surface area contributed by atoms with E-state index in [1.165, 1.54) is 0 Å². The van der Waals surface area contributed by atoms with Crippen LogP contribution in [0.3, 0.4) is 0 Å². The number of carbonyl (C=O) groups is 1. The van der Waals surface area contributed by atoms with Crippen LogP contribution in [0.2, 0.25) is 0 Å². The minimum atomic E-state index is -4.63. The van der Waals surface area contributed by atoms with Crippen LogP contribution >= 0.6 is 0 Å². The third-order valence-corrected chi connectivity index (χ3v) is 5.10. The number of carbonyl (C=O) groups excluding carboxylic acids is 1. The lowest BCUT2D eigenvalue weighted by Gasteiger charge is -2.26. The molecule has 3 rings (SSSR count). The molecule has 1 heterocycles. The van der Waals surface area contributed by atoms with Crippen molar-refractivity contribution in [3.05, 3.63) is 83.4 Å². The van der Waals surface area contributed by atoms with Gasteiger partial charge >= 0.3 is 19.4 Å². The second-order valence-electron chi connectivity index (χ2n) is 7.62. The number of amides is 1. The van der Waals surface area contributed by atoms with Crippen LogP contribution in [0.15, 0.2) is 60.8 Å². The molecule has 38 heavy (non-hydrogen) atoms. The van der Waals surface area contributed by atoms with Crippen LogP contribution in [-0.2, 0) is 17.4 Å². The predicted octanol–water partition coefficient (Wildman–Crippen LogP) is 5.75. The van der Waals surface area contributed by atoms with E-state index in [4.69, 9.17) is 0 Å². The van der Waals surface area contributed by atoms with Crippen LogP contribution in [0.4, 0.5) is 40.8 Å². The van der Waals surface area contributed by atoms with E-state index in [2.05, 4.69) is 14.5 Å². The molecule has 1 N–H and O–H groups in total. The summed E-state index contributed by atoms with van der Waals surface area (Å²) in [5.41, 5.74) is -1.14. The van der Waals surface area contributed by atoms with E-state index in [0.29, 0.717) is 6.20 Å². The smallest absolute Gasteiger partial charge is 0.417 e. The zero-order valence-corrected chi connectivity index (χ0v) is 19.0. The normalized spacial score (nSPS) is 12.5. The first-order chi connectivity index (χ1) is 17.8. The maximum Gasteiger partial charge on any atom is 0.417 e. The fourth-order valence-corrected chi connectivity index (χ4v) is 3.31. The summed E-state index contributed by atoms with van der Waals surface area (Å²) in [6, 6.07) is 8.71. The van der Waals surface area contributed by atoms with Gasteiger partial charge < -0.3 is 19.5 Å². The van der Waals surface area contributed by atoms with Crippen molar-refractivity contribution in [3.8, 4) is 11.5 Å². The minimum Gasteiger partial charge on any atom is -0.431 e. The van der Waals surface area contributed by atoms with Gasteiger partial charge in [-0.15, -0.1) is 0 Å². The number of hydrogen-bond donors (Lipinski definition) is 1. The third kappa shape index (κ3) is 7.54. The Morgan fingerprint density at radius 2 is 1.55 bits per heavy atom. The maximum absolute atomic E-state index is 13.3. The molecule has 0 unspecified atom stereocenters. The summed E-state index contributed by atoms with van der Waals surface area (Å²) in [4.78, 5) is 17.8. The zero-order chi connectivity index (χ0) is 28.0. The number of anilines is 1. The number of ether oxygens (including phenoxy) is 2. The van der Waals surface area contributed by atoms with Crippen molar-refractivity contribution < 1.29 is 54.5 Å². The fraction of sp³-hybridized carbons (Fsp3) is 0.250.